The van der Waals surface area contributed by atoms with Gasteiger partial charge >= 0.3 is 12.2 Å². The Morgan fingerprint density at radius 1 is 1.26 bits per heavy atom. The number of rotatable bonds is 5. The maximum absolute atomic E-state index is 12.7. The molecule has 0 fully saturated rings. The first kappa shape index (κ1) is 17.1. The van der Waals surface area contributed by atoms with Crippen LogP contribution < -0.4 is 10.1 Å². The molecule has 1 N–H and O–H groups in total. The lowest BCUT2D eigenvalue weighted by molar-refractivity contribution is -0.140. The third-order valence-corrected chi connectivity index (χ3v) is 3.68. The number of thiophene rings is 1. The summed E-state index contributed by atoms with van der Waals surface area (Å²) in [6, 6.07) is 7.23. The van der Waals surface area contributed by atoms with Crippen molar-refractivity contribution in [1.29, 1.82) is 0 Å². The maximum atomic E-state index is 12.7. The molecule has 124 valence electrons. The van der Waals surface area contributed by atoms with Gasteiger partial charge in [-0.25, -0.2) is 4.79 Å². The normalized spacial score (nSPS) is 11.1. The second kappa shape index (κ2) is 7.36. The molecule has 0 saturated heterocycles. The van der Waals surface area contributed by atoms with Crippen molar-refractivity contribution in [2.75, 3.05) is 19.0 Å². The first-order valence-electron chi connectivity index (χ1n) is 6.65. The number of urea groups is 1. The monoisotopic (exact) mass is 344 g/mol. The third kappa shape index (κ3) is 5.48. The van der Waals surface area contributed by atoms with Crippen LogP contribution in [0.1, 0.15) is 5.56 Å². The number of nitrogens with zero attached hydrogens (tertiary/aromatic N) is 1. The third-order valence-electron chi connectivity index (χ3n) is 2.95. The van der Waals surface area contributed by atoms with E-state index in [4.69, 9.17) is 4.74 Å². The van der Waals surface area contributed by atoms with Crippen molar-refractivity contribution in [3.8, 4) is 5.75 Å². The van der Waals surface area contributed by atoms with Crippen LogP contribution in [0.15, 0.2) is 41.1 Å². The molecule has 0 aliphatic carbocycles. The molecule has 0 spiro atoms. The highest BCUT2D eigenvalue weighted by Gasteiger charge is 2.33. The summed E-state index contributed by atoms with van der Waals surface area (Å²) in [5.74, 6) is 0.591. The molecule has 23 heavy (non-hydrogen) atoms. The largest absolute Gasteiger partial charge is 0.497 e. The Kier molecular flexibility index (Phi) is 5.49. The molecular weight excluding hydrogens is 329 g/mol. The number of hydrogen-bond donors (Lipinski definition) is 1. The minimum absolute atomic E-state index is 0.106. The van der Waals surface area contributed by atoms with Gasteiger partial charge in [-0.2, -0.15) is 24.5 Å². The molecule has 2 aromatic rings. The zero-order valence-electron chi connectivity index (χ0n) is 12.3. The number of carbonyl (C=O) groups excluding carboxylic acids is 1. The lowest BCUT2D eigenvalue weighted by Crippen LogP contribution is -2.40. The number of benzene rings is 1. The standard InChI is InChI=1S/C15H15F3N2O2S/c1-22-13-4-2-12(3-5-13)19-14(21)20(10-15(16,17)18)8-11-6-7-23-9-11/h2-7,9H,8,10H2,1H3,(H,19,21). The number of ether oxygens (including phenoxy) is 1. The number of methoxy groups -OCH3 is 1. The van der Waals surface area contributed by atoms with Crippen LogP contribution in [0.2, 0.25) is 0 Å². The van der Waals surface area contributed by atoms with Gasteiger partial charge in [0, 0.05) is 12.2 Å². The van der Waals surface area contributed by atoms with E-state index < -0.39 is 18.8 Å². The maximum Gasteiger partial charge on any atom is 0.406 e. The fourth-order valence-corrected chi connectivity index (χ4v) is 2.56. The molecule has 2 amide bonds. The average molecular weight is 344 g/mol. The van der Waals surface area contributed by atoms with E-state index in [-0.39, 0.29) is 6.54 Å². The minimum Gasteiger partial charge on any atom is -0.497 e. The van der Waals surface area contributed by atoms with Crippen LogP contribution in [0.25, 0.3) is 0 Å². The number of alkyl halides is 3. The quantitative estimate of drug-likeness (QED) is 0.876. The van der Waals surface area contributed by atoms with Gasteiger partial charge < -0.3 is 15.0 Å². The van der Waals surface area contributed by atoms with Gasteiger partial charge in [0.05, 0.1) is 7.11 Å². The highest BCUT2D eigenvalue weighted by Crippen LogP contribution is 2.21. The predicted octanol–water partition coefficient (Wildman–Crippen LogP) is 4.35. The summed E-state index contributed by atoms with van der Waals surface area (Å²) in [7, 11) is 1.50. The van der Waals surface area contributed by atoms with Gasteiger partial charge in [-0.1, -0.05) is 0 Å². The molecule has 8 heteroatoms. The molecule has 0 radical (unpaired) electrons. The molecule has 0 saturated carbocycles. The van der Waals surface area contributed by atoms with Crippen molar-refractivity contribution in [2.45, 2.75) is 12.7 Å². The van der Waals surface area contributed by atoms with Crippen molar-refractivity contribution in [3.63, 3.8) is 0 Å². The first-order chi connectivity index (χ1) is 10.9. The zero-order valence-corrected chi connectivity index (χ0v) is 13.1. The second-order valence-electron chi connectivity index (χ2n) is 4.76. The van der Waals surface area contributed by atoms with Gasteiger partial charge in [0.15, 0.2) is 0 Å². The van der Waals surface area contributed by atoms with Gasteiger partial charge in [-0.3, -0.25) is 0 Å². The minimum atomic E-state index is -4.47. The lowest BCUT2D eigenvalue weighted by atomic mass is 10.3. The van der Waals surface area contributed by atoms with Gasteiger partial charge in [0.25, 0.3) is 0 Å². The Hall–Kier alpha value is -2.22. The molecule has 0 bridgehead atoms. The molecule has 2 rings (SSSR count). The predicted molar refractivity (Wildman–Crippen MR) is 82.8 cm³/mol. The van der Waals surface area contributed by atoms with E-state index in [1.807, 2.05) is 0 Å². The molecule has 4 nitrogen and oxygen atoms in total. The molecule has 1 aromatic heterocycles. The van der Waals surface area contributed by atoms with E-state index >= 15 is 0 Å². The Bertz CT molecular complexity index is 627. The van der Waals surface area contributed by atoms with E-state index in [0.29, 0.717) is 17.0 Å². The Morgan fingerprint density at radius 2 is 1.96 bits per heavy atom. The highest BCUT2D eigenvalue weighted by molar-refractivity contribution is 7.07. The van der Waals surface area contributed by atoms with Crippen LogP contribution in [0.3, 0.4) is 0 Å². The topological polar surface area (TPSA) is 41.6 Å². The zero-order chi connectivity index (χ0) is 16.9. The summed E-state index contributed by atoms with van der Waals surface area (Å²) in [4.78, 5) is 12.9. The summed E-state index contributed by atoms with van der Waals surface area (Å²) in [6.45, 7) is -1.42. The number of carbonyl (C=O) groups is 1. The highest BCUT2D eigenvalue weighted by atomic mass is 32.1. The molecule has 1 heterocycles. The Balaban J connectivity index is 2.08. The van der Waals surface area contributed by atoms with E-state index in [0.717, 1.165) is 4.90 Å². The molecular formula is C15H15F3N2O2S. The average Bonchev–Trinajstić information content (AvgIpc) is 2.99. The number of amides is 2. The van der Waals surface area contributed by atoms with Crippen LogP contribution in [0.4, 0.5) is 23.7 Å². The van der Waals surface area contributed by atoms with Crippen molar-refractivity contribution >= 4 is 23.1 Å². The molecule has 0 unspecified atom stereocenters. The van der Waals surface area contributed by atoms with E-state index in [9.17, 15) is 18.0 Å². The summed E-state index contributed by atoms with van der Waals surface area (Å²) in [5, 5.41) is 5.93. The number of anilines is 1. The SMILES string of the molecule is COc1ccc(NC(=O)N(Cc2ccsc2)CC(F)(F)F)cc1. The van der Waals surface area contributed by atoms with Crippen LogP contribution in [-0.4, -0.2) is 30.8 Å². The van der Waals surface area contributed by atoms with E-state index in [1.54, 1.807) is 41.1 Å². The Labute approximate surface area is 135 Å². The number of halogens is 3. The van der Waals surface area contributed by atoms with Crippen LogP contribution in [0, 0.1) is 0 Å². The van der Waals surface area contributed by atoms with E-state index in [1.165, 1.54) is 18.4 Å². The smallest absolute Gasteiger partial charge is 0.406 e. The van der Waals surface area contributed by atoms with Gasteiger partial charge in [0.2, 0.25) is 0 Å². The lowest BCUT2D eigenvalue weighted by Gasteiger charge is -2.24. The van der Waals surface area contributed by atoms with Crippen molar-refractivity contribution in [3.05, 3.63) is 46.7 Å². The van der Waals surface area contributed by atoms with Crippen LogP contribution in [0.5, 0.6) is 5.75 Å². The second-order valence-corrected chi connectivity index (χ2v) is 5.54. The van der Waals surface area contributed by atoms with Crippen molar-refractivity contribution < 1.29 is 22.7 Å². The molecule has 1 aromatic carbocycles. The van der Waals surface area contributed by atoms with Crippen molar-refractivity contribution in [2.24, 2.45) is 0 Å². The number of hydrogen-bond acceptors (Lipinski definition) is 3. The summed E-state index contributed by atoms with van der Waals surface area (Å²) < 4.78 is 43.1. The molecule has 0 aliphatic heterocycles. The van der Waals surface area contributed by atoms with Crippen molar-refractivity contribution in [1.82, 2.24) is 4.90 Å². The van der Waals surface area contributed by atoms with Gasteiger partial charge in [-0.15, -0.1) is 0 Å². The van der Waals surface area contributed by atoms with Crippen LogP contribution in [-0.2, 0) is 6.54 Å². The summed E-state index contributed by atoms with van der Waals surface area (Å²) >= 11 is 1.37. The fraction of sp³-hybridized carbons (Fsp3) is 0.267. The molecule has 0 aliphatic rings. The van der Waals surface area contributed by atoms with Gasteiger partial charge in [-0.05, 0) is 46.7 Å². The first-order valence-corrected chi connectivity index (χ1v) is 7.59. The van der Waals surface area contributed by atoms with Gasteiger partial charge in [0.1, 0.15) is 12.3 Å². The van der Waals surface area contributed by atoms with E-state index in [2.05, 4.69) is 5.32 Å². The Morgan fingerprint density at radius 3 is 2.48 bits per heavy atom. The van der Waals surface area contributed by atoms with Crippen LogP contribution >= 0.6 is 11.3 Å². The number of nitrogens with one attached hydrogen (secondary N) is 1. The molecule has 0 atom stereocenters. The summed E-state index contributed by atoms with van der Waals surface area (Å²) in [6.07, 6.45) is -4.47. The fourth-order valence-electron chi connectivity index (χ4n) is 1.90. The summed E-state index contributed by atoms with van der Waals surface area (Å²) in [5.41, 5.74) is 1.05.